The van der Waals surface area contributed by atoms with Crippen LogP contribution >= 0.6 is 0 Å². The summed E-state index contributed by atoms with van der Waals surface area (Å²) in [6.07, 6.45) is 7.17. The lowest BCUT2D eigenvalue weighted by molar-refractivity contribution is 0.241. The van der Waals surface area contributed by atoms with E-state index in [0.717, 1.165) is 43.2 Å². The number of methoxy groups -OCH3 is 1. The summed E-state index contributed by atoms with van der Waals surface area (Å²) in [6.45, 7) is 2.22. The molecule has 0 saturated carbocycles. The number of urea groups is 1. The fraction of sp³-hybridized carbons (Fsp3) is 0.550. The monoisotopic (exact) mass is 371 g/mol. The molecule has 2 heterocycles. The zero-order valence-corrected chi connectivity index (χ0v) is 16.0. The SMILES string of the molecule is COc1ccc(CCCNC(=O)NCCc2nnc3n2CCCCC3)cc1. The second-order valence-electron chi connectivity index (χ2n) is 6.88. The number of rotatable bonds is 8. The van der Waals surface area contributed by atoms with Crippen molar-refractivity contribution < 1.29 is 9.53 Å². The maximum absolute atomic E-state index is 11.9. The van der Waals surface area contributed by atoms with Gasteiger partial charge in [-0.15, -0.1) is 10.2 Å². The van der Waals surface area contributed by atoms with Gasteiger partial charge in [0.2, 0.25) is 0 Å². The van der Waals surface area contributed by atoms with Crippen LogP contribution in [0.15, 0.2) is 24.3 Å². The van der Waals surface area contributed by atoms with Crippen molar-refractivity contribution in [2.45, 2.75) is 51.5 Å². The first-order valence-electron chi connectivity index (χ1n) is 9.82. The molecule has 0 atom stereocenters. The van der Waals surface area contributed by atoms with Crippen LogP contribution in [0.1, 0.15) is 42.9 Å². The van der Waals surface area contributed by atoms with Crippen LogP contribution in [-0.2, 0) is 25.8 Å². The normalized spacial score (nSPS) is 13.5. The van der Waals surface area contributed by atoms with Crippen molar-refractivity contribution in [3.8, 4) is 5.75 Å². The minimum atomic E-state index is -0.125. The molecule has 0 spiro atoms. The van der Waals surface area contributed by atoms with Crippen LogP contribution in [0.3, 0.4) is 0 Å². The van der Waals surface area contributed by atoms with Crippen molar-refractivity contribution >= 4 is 6.03 Å². The molecule has 0 bridgehead atoms. The minimum absolute atomic E-state index is 0.125. The highest BCUT2D eigenvalue weighted by molar-refractivity contribution is 5.73. The van der Waals surface area contributed by atoms with Gasteiger partial charge in [-0.3, -0.25) is 0 Å². The van der Waals surface area contributed by atoms with E-state index in [0.29, 0.717) is 19.5 Å². The van der Waals surface area contributed by atoms with Gasteiger partial charge in [-0.1, -0.05) is 18.6 Å². The van der Waals surface area contributed by atoms with E-state index in [-0.39, 0.29) is 6.03 Å². The van der Waals surface area contributed by atoms with Gasteiger partial charge < -0.3 is 19.9 Å². The molecule has 2 aromatic rings. The summed E-state index contributed by atoms with van der Waals surface area (Å²) in [4.78, 5) is 11.9. The van der Waals surface area contributed by atoms with Crippen LogP contribution in [0, 0.1) is 0 Å². The molecule has 0 fully saturated rings. The van der Waals surface area contributed by atoms with Gasteiger partial charge in [0.05, 0.1) is 7.11 Å². The van der Waals surface area contributed by atoms with E-state index in [1.165, 1.54) is 24.8 Å². The predicted molar refractivity (Wildman–Crippen MR) is 104 cm³/mol. The summed E-state index contributed by atoms with van der Waals surface area (Å²) in [5.41, 5.74) is 1.24. The van der Waals surface area contributed by atoms with E-state index in [1.54, 1.807) is 7.11 Å². The third kappa shape index (κ3) is 5.70. The average Bonchev–Trinajstić information content (AvgIpc) is 2.92. The number of carbonyl (C=O) groups is 1. The van der Waals surface area contributed by atoms with Crippen LogP contribution in [0.4, 0.5) is 4.79 Å². The topological polar surface area (TPSA) is 81.1 Å². The van der Waals surface area contributed by atoms with E-state index in [1.807, 2.05) is 12.1 Å². The molecule has 0 radical (unpaired) electrons. The standard InChI is InChI=1S/C20H29N5O2/c1-27-17-10-8-16(9-11-17)6-5-13-21-20(26)22-14-12-19-24-23-18-7-3-2-4-15-25(18)19/h8-11H,2-7,12-15H2,1H3,(H2,21,22,26). The lowest BCUT2D eigenvalue weighted by atomic mass is 10.1. The van der Waals surface area contributed by atoms with E-state index >= 15 is 0 Å². The van der Waals surface area contributed by atoms with Crippen molar-refractivity contribution in [2.75, 3.05) is 20.2 Å². The Morgan fingerprint density at radius 3 is 2.70 bits per heavy atom. The lowest BCUT2D eigenvalue weighted by Gasteiger charge is -2.09. The second kappa shape index (κ2) is 9.94. The summed E-state index contributed by atoms with van der Waals surface area (Å²) in [5.74, 6) is 2.93. The van der Waals surface area contributed by atoms with Crippen LogP contribution in [0.5, 0.6) is 5.75 Å². The quantitative estimate of drug-likeness (QED) is 0.699. The van der Waals surface area contributed by atoms with Crippen LogP contribution in [-0.4, -0.2) is 41.0 Å². The van der Waals surface area contributed by atoms with Gasteiger partial charge in [0, 0.05) is 32.5 Å². The fourth-order valence-corrected chi connectivity index (χ4v) is 3.37. The summed E-state index contributed by atoms with van der Waals surface area (Å²) in [6, 6.07) is 7.91. The molecule has 1 aliphatic rings. The molecule has 2 amide bonds. The Kier molecular flexibility index (Phi) is 7.07. The summed E-state index contributed by atoms with van der Waals surface area (Å²) in [7, 11) is 1.66. The number of aryl methyl sites for hydroxylation is 2. The van der Waals surface area contributed by atoms with Crippen molar-refractivity contribution in [2.24, 2.45) is 0 Å². The zero-order chi connectivity index (χ0) is 18.9. The Morgan fingerprint density at radius 1 is 1.07 bits per heavy atom. The van der Waals surface area contributed by atoms with Crippen molar-refractivity contribution in [1.29, 1.82) is 0 Å². The summed E-state index contributed by atoms with van der Waals surface area (Å²) in [5, 5.41) is 14.4. The first-order chi connectivity index (χ1) is 13.3. The molecule has 7 heteroatoms. The maximum atomic E-state index is 11.9. The Morgan fingerprint density at radius 2 is 1.89 bits per heavy atom. The molecule has 0 saturated heterocycles. The average molecular weight is 371 g/mol. The van der Waals surface area contributed by atoms with Crippen LogP contribution in [0.25, 0.3) is 0 Å². The molecule has 1 aromatic heterocycles. The number of fused-ring (bicyclic) bond motifs is 1. The zero-order valence-electron chi connectivity index (χ0n) is 16.0. The molecular weight excluding hydrogens is 342 g/mol. The number of nitrogens with zero attached hydrogens (tertiary/aromatic N) is 3. The molecule has 146 valence electrons. The van der Waals surface area contributed by atoms with E-state index in [2.05, 4.69) is 37.5 Å². The van der Waals surface area contributed by atoms with Gasteiger partial charge in [0.25, 0.3) is 0 Å². The van der Waals surface area contributed by atoms with Crippen molar-refractivity contribution in [3.05, 3.63) is 41.5 Å². The third-order valence-corrected chi connectivity index (χ3v) is 4.91. The van der Waals surface area contributed by atoms with E-state index in [9.17, 15) is 4.79 Å². The van der Waals surface area contributed by atoms with E-state index in [4.69, 9.17) is 4.74 Å². The summed E-state index contributed by atoms with van der Waals surface area (Å²) >= 11 is 0. The fourth-order valence-electron chi connectivity index (χ4n) is 3.37. The number of hydrogen-bond donors (Lipinski definition) is 2. The number of hydrogen-bond acceptors (Lipinski definition) is 4. The largest absolute Gasteiger partial charge is 0.497 e. The van der Waals surface area contributed by atoms with Crippen LogP contribution in [0.2, 0.25) is 0 Å². The van der Waals surface area contributed by atoms with Gasteiger partial charge in [-0.2, -0.15) is 0 Å². The third-order valence-electron chi connectivity index (χ3n) is 4.91. The van der Waals surface area contributed by atoms with Crippen LogP contribution < -0.4 is 15.4 Å². The smallest absolute Gasteiger partial charge is 0.314 e. The lowest BCUT2D eigenvalue weighted by Crippen LogP contribution is -2.37. The number of nitrogens with one attached hydrogen (secondary N) is 2. The number of amides is 2. The molecule has 3 rings (SSSR count). The number of benzene rings is 1. The highest BCUT2D eigenvalue weighted by atomic mass is 16.5. The van der Waals surface area contributed by atoms with Gasteiger partial charge in [-0.05, 0) is 43.4 Å². The molecule has 1 aromatic carbocycles. The van der Waals surface area contributed by atoms with Gasteiger partial charge in [0.1, 0.15) is 17.4 Å². The maximum Gasteiger partial charge on any atom is 0.314 e. The Labute approximate surface area is 160 Å². The predicted octanol–water partition coefficient (Wildman–Crippen LogP) is 2.49. The van der Waals surface area contributed by atoms with Crippen molar-refractivity contribution in [1.82, 2.24) is 25.4 Å². The number of ether oxygens (including phenoxy) is 1. The number of aromatic nitrogens is 3. The Balaban J connectivity index is 1.31. The molecular formula is C20H29N5O2. The summed E-state index contributed by atoms with van der Waals surface area (Å²) < 4.78 is 7.38. The van der Waals surface area contributed by atoms with Crippen molar-refractivity contribution in [3.63, 3.8) is 0 Å². The number of carbonyl (C=O) groups excluding carboxylic acids is 1. The van der Waals surface area contributed by atoms with Gasteiger partial charge in [-0.25, -0.2) is 4.79 Å². The molecule has 0 unspecified atom stereocenters. The molecule has 1 aliphatic heterocycles. The Bertz CT molecular complexity index is 726. The molecule has 7 nitrogen and oxygen atoms in total. The minimum Gasteiger partial charge on any atom is -0.497 e. The molecule has 0 aliphatic carbocycles. The second-order valence-corrected chi connectivity index (χ2v) is 6.88. The van der Waals surface area contributed by atoms with E-state index < -0.39 is 0 Å². The highest BCUT2D eigenvalue weighted by Gasteiger charge is 2.14. The first-order valence-corrected chi connectivity index (χ1v) is 9.82. The van der Waals surface area contributed by atoms with Gasteiger partial charge >= 0.3 is 6.03 Å². The Hall–Kier alpha value is -2.57. The van der Waals surface area contributed by atoms with Gasteiger partial charge in [0.15, 0.2) is 0 Å². The molecule has 2 N–H and O–H groups in total. The highest BCUT2D eigenvalue weighted by Crippen LogP contribution is 2.14. The first kappa shape index (κ1) is 19.2. The molecule has 27 heavy (non-hydrogen) atoms.